The summed E-state index contributed by atoms with van der Waals surface area (Å²) in [7, 11) is 0. The Balaban J connectivity index is 1.70. The van der Waals surface area contributed by atoms with Gasteiger partial charge >= 0.3 is 0 Å². The summed E-state index contributed by atoms with van der Waals surface area (Å²) < 4.78 is 13.9. The Morgan fingerprint density at radius 1 is 1.21 bits per heavy atom. The number of hydrogen-bond acceptors (Lipinski definition) is 4. The normalized spacial score (nSPS) is 14.6. The maximum atomic E-state index is 13.9. The van der Waals surface area contributed by atoms with Crippen molar-refractivity contribution in [2.24, 2.45) is 11.7 Å². The molecule has 3 N–H and O–H groups in total. The molecule has 7 nitrogen and oxygen atoms in total. The Hall–Kier alpha value is -3.03. The average molecular weight is 386 g/mol. The molecule has 3 rings (SSSR count). The highest BCUT2D eigenvalue weighted by Gasteiger charge is 2.41. The van der Waals surface area contributed by atoms with Crippen LogP contribution in [0.3, 0.4) is 0 Å². The molecule has 0 radical (unpaired) electrons. The second-order valence-electron chi connectivity index (χ2n) is 7.07. The molecule has 8 heteroatoms. The fraction of sp³-hybridized carbons (Fsp3) is 0.400. The van der Waals surface area contributed by atoms with Gasteiger partial charge in [-0.3, -0.25) is 19.4 Å². The molecule has 0 aliphatic carbocycles. The second kappa shape index (κ2) is 7.53. The first kappa shape index (κ1) is 19.7. The number of primary amides is 1. The molecule has 2 heterocycles. The summed E-state index contributed by atoms with van der Waals surface area (Å²) in [5.41, 5.74) is 4.74. The molecule has 1 aliphatic heterocycles. The number of nitrogens with one attached hydrogen (secondary N) is 1. The number of rotatable bonds is 6. The molecule has 1 fully saturated rings. The summed E-state index contributed by atoms with van der Waals surface area (Å²) in [6, 6.07) is 4.21. The fourth-order valence-electron chi connectivity index (χ4n) is 3.50. The van der Waals surface area contributed by atoms with Crippen molar-refractivity contribution in [3.63, 3.8) is 0 Å². The summed E-state index contributed by atoms with van der Waals surface area (Å²) in [6.45, 7) is 4.04. The number of carbonyl (C=O) groups excluding carboxylic acids is 3. The molecule has 3 amide bonds. The van der Waals surface area contributed by atoms with Gasteiger partial charge in [-0.25, -0.2) is 4.39 Å². The maximum absolute atomic E-state index is 13.9. The van der Waals surface area contributed by atoms with Crippen molar-refractivity contribution in [1.82, 2.24) is 15.2 Å². The van der Waals surface area contributed by atoms with E-state index in [0.717, 1.165) is 0 Å². The zero-order valence-corrected chi connectivity index (χ0v) is 15.9. The van der Waals surface area contributed by atoms with Crippen LogP contribution in [0.2, 0.25) is 0 Å². The van der Waals surface area contributed by atoms with E-state index in [1.54, 1.807) is 13.8 Å². The van der Waals surface area contributed by atoms with Crippen LogP contribution in [0.4, 0.5) is 4.39 Å². The van der Waals surface area contributed by atoms with E-state index in [1.807, 2.05) is 0 Å². The van der Waals surface area contributed by atoms with E-state index in [9.17, 15) is 18.8 Å². The molecule has 0 atom stereocenters. The predicted octanol–water partition coefficient (Wildman–Crippen LogP) is 1.61. The number of halogens is 1. The lowest BCUT2D eigenvalue weighted by atomic mass is 9.89. The summed E-state index contributed by atoms with van der Waals surface area (Å²) >= 11 is 0. The largest absolute Gasteiger partial charge is 0.368 e. The molecule has 1 saturated heterocycles. The molecule has 0 saturated carbocycles. The van der Waals surface area contributed by atoms with Crippen molar-refractivity contribution in [3.05, 3.63) is 42.0 Å². The lowest BCUT2D eigenvalue weighted by molar-refractivity contribution is -0.136. The quantitative estimate of drug-likeness (QED) is 0.787. The molecular weight excluding hydrogens is 363 g/mol. The highest BCUT2D eigenvalue weighted by Crippen LogP contribution is 2.26. The highest BCUT2D eigenvalue weighted by atomic mass is 19.1. The Labute approximate surface area is 162 Å². The van der Waals surface area contributed by atoms with Gasteiger partial charge in [-0.2, -0.15) is 0 Å². The molecule has 28 heavy (non-hydrogen) atoms. The third-order valence-electron chi connectivity index (χ3n) is 5.58. The third-order valence-corrected chi connectivity index (χ3v) is 5.58. The molecule has 1 aromatic heterocycles. The van der Waals surface area contributed by atoms with E-state index in [-0.39, 0.29) is 24.9 Å². The number of likely N-dealkylation sites (tertiary alicyclic amines) is 1. The van der Waals surface area contributed by atoms with Crippen molar-refractivity contribution < 1.29 is 18.8 Å². The van der Waals surface area contributed by atoms with Crippen LogP contribution in [-0.4, -0.2) is 46.2 Å². The summed E-state index contributed by atoms with van der Waals surface area (Å²) in [5, 5.41) is 3.52. The molecule has 1 aliphatic rings. The molecule has 0 unspecified atom stereocenters. The maximum Gasteiger partial charge on any atom is 0.254 e. The van der Waals surface area contributed by atoms with Crippen LogP contribution in [-0.2, 0) is 9.59 Å². The van der Waals surface area contributed by atoms with Crippen LogP contribution in [0, 0.1) is 11.7 Å². The SMILES string of the molecule is CCC(CC)(NC(=O)C1CN(C(=O)c2ccc(F)c3ccncc23)C1)C(N)=O. The van der Waals surface area contributed by atoms with Crippen LogP contribution in [0.5, 0.6) is 0 Å². The Morgan fingerprint density at radius 2 is 1.89 bits per heavy atom. The van der Waals surface area contributed by atoms with Crippen LogP contribution >= 0.6 is 0 Å². The zero-order valence-electron chi connectivity index (χ0n) is 15.9. The summed E-state index contributed by atoms with van der Waals surface area (Å²) in [6.07, 6.45) is 3.72. The lowest BCUT2D eigenvalue weighted by Gasteiger charge is -2.40. The zero-order chi connectivity index (χ0) is 20.5. The molecule has 0 spiro atoms. The van der Waals surface area contributed by atoms with E-state index in [0.29, 0.717) is 29.2 Å². The Bertz CT molecular complexity index is 936. The standard InChI is InChI=1S/C20H23FN4O3/c1-3-20(4-2,19(22)28)24-17(26)12-10-25(11-12)18(27)14-5-6-16(21)13-7-8-23-9-15(13)14/h5-9,12H,3-4,10-11H2,1-2H3,(H2,22,28)(H,24,26). The number of benzene rings is 1. The third kappa shape index (κ3) is 3.30. The lowest BCUT2D eigenvalue weighted by Crippen LogP contribution is -2.62. The van der Waals surface area contributed by atoms with Gasteiger partial charge in [0.25, 0.3) is 5.91 Å². The highest BCUT2D eigenvalue weighted by molar-refractivity contribution is 6.07. The van der Waals surface area contributed by atoms with Gasteiger partial charge in [-0.1, -0.05) is 13.8 Å². The molecule has 1 aromatic carbocycles. The van der Waals surface area contributed by atoms with Crippen LogP contribution in [0.25, 0.3) is 10.8 Å². The number of fused-ring (bicyclic) bond motifs is 1. The monoisotopic (exact) mass is 386 g/mol. The van der Waals surface area contributed by atoms with E-state index in [2.05, 4.69) is 10.3 Å². The van der Waals surface area contributed by atoms with Gasteiger partial charge < -0.3 is 16.0 Å². The Morgan fingerprint density at radius 3 is 2.50 bits per heavy atom. The molecule has 2 aromatic rings. The second-order valence-corrected chi connectivity index (χ2v) is 7.07. The fourth-order valence-corrected chi connectivity index (χ4v) is 3.50. The van der Waals surface area contributed by atoms with E-state index >= 15 is 0 Å². The minimum atomic E-state index is -1.07. The number of aromatic nitrogens is 1. The molecular formula is C20H23FN4O3. The smallest absolute Gasteiger partial charge is 0.254 e. The van der Waals surface area contributed by atoms with Gasteiger partial charge in [0.05, 0.1) is 5.92 Å². The number of pyridine rings is 1. The van der Waals surface area contributed by atoms with Crippen molar-refractivity contribution in [3.8, 4) is 0 Å². The van der Waals surface area contributed by atoms with Gasteiger partial charge in [0.1, 0.15) is 11.4 Å². The average Bonchev–Trinajstić information content (AvgIpc) is 2.65. The topological polar surface area (TPSA) is 105 Å². The Kier molecular flexibility index (Phi) is 5.31. The minimum absolute atomic E-state index is 0.228. The van der Waals surface area contributed by atoms with Gasteiger partial charge in [-0.05, 0) is 31.0 Å². The van der Waals surface area contributed by atoms with E-state index in [1.165, 1.54) is 35.5 Å². The van der Waals surface area contributed by atoms with Gasteiger partial charge in [-0.15, -0.1) is 0 Å². The number of carbonyl (C=O) groups is 3. The van der Waals surface area contributed by atoms with Crippen molar-refractivity contribution in [1.29, 1.82) is 0 Å². The van der Waals surface area contributed by atoms with Gasteiger partial charge in [0.2, 0.25) is 11.8 Å². The van der Waals surface area contributed by atoms with Crippen LogP contribution in [0.1, 0.15) is 37.0 Å². The summed E-state index contributed by atoms with van der Waals surface area (Å²) in [5.74, 6) is -1.97. The van der Waals surface area contributed by atoms with Crippen molar-refractivity contribution in [2.75, 3.05) is 13.1 Å². The number of nitrogens with two attached hydrogens (primary N) is 1. The first-order valence-corrected chi connectivity index (χ1v) is 9.26. The molecule has 148 valence electrons. The minimum Gasteiger partial charge on any atom is -0.368 e. The van der Waals surface area contributed by atoms with Crippen LogP contribution < -0.4 is 11.1 Å². The first-order valence-electron chi connectivity index (χ1n) is 9.26. The number of hydrogen-bond donors (Lipinski definition) is 2. The van der Waals surface area contributed by atoms with Gasteiger partial charge in [0.15, 0.2) is 0 Å². The number of nitrogens with zero attached hydrogens (tertiary/aromatic N) is 2. The predicted molar refractivity (Wildman–Crippen MR) is 102 cm³/mol. The van der Waals surface area contributed by atoms with E-state index in [4.69, 9.17) is 5.73 Å². The summed E-state index contributed by atoms with van der Waals surface area (Å²) in [4.78, 5) is 42.6. The number of amides is 3. The molecule has 0 bridgehead atoms. The van der Waals surface area contributed by atoms with Crippen molar-refractivity contribution in [2.45, 2.75) is 32.2 Å². The van der Waals surface area contributed by atoms with E-state index < -0.39 is 23.2 Å². The van der Waals surface area contributed by atoms with Crippen LogP contribution in [0.15, 0.2) is 30.6 Å². The van der Waals surface area contributed by atoms with Crippen molar-refractivity contribution >= 4 is 28.5 Å². The van der Waals surface area contributed by atoms with Gasteiger partial charge in [0, 0.05) is 41.8 Å². The first-order chi connectivity index (χ1) is 13.3.